The van der Waals surface area contributed by atoms with E-state index in [0.29, 0.717) is 18.1 Å². The van der Waals surface area contributed by atoms with Crippen LogP contribution in [0.15, 0.2) is 42.5 Å². The number of thioether (sulfide) groups is 1. The quantitative estimate of drug-likeness (QED) is 0.713. The van der Waals surface area contributed by atoms with Gasteiger partial charge in [0.25, 0.3) is 10.1 Å². The van der Waals surface area contributed by atoms with Gasteiger partial charge in [-0.1, -0.05) is 42.5 Å². The second-order valence-electron chi connectivity index (χ2n) is 8.46. The molecule has 3 aliphatic rings. The van der Waals surface area contributed by atoms with Crippen LogP contribution in [0.25, 0.3) is 16.7 Å². The minimum atomic E-state index is -4.38. The predicted octanol–water partition coefficient (Wildman–Crippen LogP) is 3.85. The van der Waals surface area contributed by atoms with Crippen molar-refractivity contribution in [1.82, 2.24) is 9.80 Å². The Morgan fingerprint density at radius 2 is 1.70 bits per heavy atom. The normalized spacial score (nSPS) is 24.6. The molecule has 7 heteroatoms. The van der Waals surface area contributed by atoms with Crippen LogP contribution in [0.4, 0.5) is 0 Å². The maximum absolute atomic E-state index is 12.8. The first-order chi connectivity index (χ1) is 14.3. The molecule has 1 saturated heterocycles. The second kappa shape index (κ2) is 7.21. The molecule has 30 heavy (non-hydrogen) atoms. The number of hydrogen-bond donors (Lipinski definition) is 1. The molecule has 0 bridgehead atoms. The van der Waals surface area contributed by atoms with Crippen molar-refractivity contribution in [3.8, 4) is 11.1 Å². The van der Waals surface area contributed by atoms with E-state index in [9.17, 15) is 13.0 Å². The van der Waals surface area contributed by atoms with E-state index < -0.39 is 14.3 Å². The molecular weight excluding hydrogens is 416 g/mol. The summed E-state index contributed by atoms with van der Waals surface area (Å²) in [5.74, 6) is 0.537. The van der Waals surface area contributed by atoms with Crippen molar-refractivity contribution >= 4 is 27.5 Å². The van der Waals surface area contributed by atoms with Crippen molar-refractivity contribution in [2.75, 3.05) is 26.6 Å². The van der Waals surface area contributed by atoms with E-state index >= 15 is 0 Å². The summed E-state index contributed by atoms with van der Waals surface area (Å²) in [5.41, 5.74) is 8.19. The van der Waals surface area contributed by atoms with Crippen molar-refractivity contribution in [1.29, 1.82) is 0 Å². The minimum absolute atomic E-state index is 0.470. The monoisotopic (exact) mass is 442 g/mol. The third kappa shape index (κ3) is 2.91. The molecule has 0 radical (unpaired) electrons. The lowest BCUT2D eigenvalue weighted by Crippen LogP contribution is -2.58. The number of benzene rings is 2. The number of allylic oxidation sites excluding steroid dienone is 1. The fourth-order valence-electron chi connectivity index (χ4n) is 5.30. The van der Waals surface area contributed by atoms with Gasteiger partial charge < -0.3 is 0 Å². The van der Waals surface area contributed by atoms with E-state index in [1.165, 1.54) is 39.6 Å². The van der Waals surface area contributed by atoms with Gasteiger partial charge in [-0.05, 0) is 73.2 Å². The number of rotatable bonds is 2. The Morgan fingerprint density at radius 3 is 2.47 bits per heavy atom. The molecule has 2 aromatic carbocycles. The van der Waals surface area contributed by atoms with Crippen LogP contribution < -0.4 is 0 Å². The molecule has 2 aliphatic carbocycles. The summed E-state index contributed by atoms with van der Waals surface area (Å²) in [5, 5.41) is 0. The van der Waals surface area contributed by atoms with Gasteiger partial charge in [-0.3, -0.25) is 14.4 Å². The Labute approximate surface area is 182 Å². The summed E-state index contributed by atoms with van der Waals surface area (Å²) in [6.07, 6.45) is 5.67. The van der Waals surface area contributed by atoms with Gasteiger partial charge in [0, 0.05) is 11.4 Å². The third-order valence-corrected chi connectivity index (χ3v) is 10.3. The van der Waals surface area contributed by atoms with Crippen LogP contribution in [0.5, 0.6) is 0 Å². The van der Waals surface area contributed by atoms with Crippen LogP contribution in [-0.4, -0.2) is 53.6 Å². The van der Waals surface area contributed by atoms with Crippen molar-refractivity contribution in [2.24, 2.45) is 0 Å². The SMILES string of the molecule is CN1CSC(C2=CCCc3c2ccc2c3CCc3ccccc3-2)(S(=O)(=O)O)N(C)C1. The number of hydrogen-bond acceptors (Lipinski definition) is 5. The standard InChI is InChI=1S/C23H26N2O3S2/c1-24-14-25(2)23(29-15-24,30(26,27)28)22-9-5-8-18-20-11-10-16-6-3-4-7-17(16)19(20)12-13-21(18)22/h3-4,6-7,9,12-13H,5,8,10-11,14-15H2,1-2H3,(H,26,27,28). The van der Waals surface area contributed by atoms with Crippen molar-refractivity contribution in [2.45, 2.75) is 29.9 Å². The van der Waals surface area contributed by atoms with Crippen LogP contribution in [0.1, 0.15) is 28.7 Å². The molecule has 2 aromatic rings. The van der Waals surface area contributed by atoms with Crippen LogP contribution in [0.3, 0.4) is 0 Å². The zero-order valence-electron chi connectivity index (χ0n) is 17.3. The summed E-state index contributed by atoms with van der Waals surface area (Å²) in [4.78, 5) is 3.80. The average molecular weight is 443 g/mol. The Hall–Kier alpha value is -1.64. The van der Waals surface area contributed by atoms with Crippen LogP contribution in [0, 0.1) is 0 Å². The Balaban J connectivity index is 1.69. The van der Waals surface area contributed by atoms with Gasteiger partial charge >= 0.3 is 0 Å². The van der Waals surface area contributed by atoms with Crippen LogP contribution in [0.2, 0.25) is 0 Å². The topological polar surface area (TPSA) is 60.9 Å². The number of fused-ring (bicyclic) bond motifs is 5. The molecule has 5 nitrogen and oxygen atoms in total. The molecule has 1 unspecified atom stereocenters. The maximum Gasteiger partial charge on any atom is 0.298 e. The fourth-order valence-corrected chi connectivity index (χ4v) is 8.08. The predicted molar refractivity (Wildman–Crippen MR) is 123 cm³/mol. The van der Waals surface area contributed by atoms with Crippen molar-refractivity contribution < 1.29 is 13.0 Å². The lowest BCUT2D eigenvalue weighted by Gasteiger charge is -2.47. The van der Waals surface area contributed by atoms with E-state index in [2.05, 4.69) is 36.4 Å². The molecule has 1 fully saturated rings. The van der Waals surface area contributed by atoms with Crippen molar-refractivity contribution in [3.05, 3.63) is 64.7 Å². The molecule has 1 N–H and O–H groups in total. The molecule has 0 aromatic heterocycles. The first-order valence-corrected chi connectivity index (χ1v) is 12.7. The highest BCUT2D eigenvalue weighted by Gasteiger charge is 2.54. The first kappa shape index (κ1) is 20.3. The molecule has 158 valence electrons. The van der Waals surface area contributed by atoms with E-state index in [-0.39, 0.29) is 0 Å². The third-order valence-electron chi connectivity index (χ3n) is 6.54. The van der Waals surface area contributed by atoms with E-state index in [1.807, 2.05) is 18.0 Å². The van der Waals surface area contributed by atoms with Gasteiger partial charge in [0.05, 0.1) is 6.67 Å². The maximum atomic E-state index is 12.8. The summed E-state index contributed by atoms with van der Waals surface area (Å²) in [6.45, 7) is 0.470. The van der Waals surface area contributed by atoms with Gasteiger partial charge in [0.1, 0.15) is 0 Å². The van der Waals surface area contributed by atoms with Gasteiger partial charge in [-0.2, -0.15) is 8.42 Å². The Kier molecular flexibility index (Phi) is 4.87. The summed E-state index contributed by atoms with van der Waals surface area (Å²) in [7, 11) is -0.648. The lowest BCUT2D eigenvalue weighted by molar-refractivity contribution is 0.174. The van der Waals surface area contributed by atoms with Gasteiger partial charge in [-0.15, -0.1) is 11.8 Å². The smallest absolute Gasteiger partial charge is 0.284 e. The highest BCUT2D eigenvalue weighted by Crippen LogP contribution is 2.51. The zero-order valence-corrected chi connectivity index (χ0v) is 18.9. The van der Waals surface area contributed by atoms with Crippen LogP contribution >= 0.6 is 11.8 Å². The molecule has 0 spiro atoms. The van der Waals surface area contributed by atoms with Gasteiger partial charge in [-0.25, -0.2) is 0 Å². The van der Waals surface area contributed by atoms with Crippen LogP contribution in [-0.2, 0) is 29.4 Å². The van der Waals surface area contributed by atoms with Gasteiger partial charge in [0.15, 0.2) is 0 Å². The number of aryl methyl sites for hydroxylation is 1. The molecule has 1 atom stereocenters. The van der Waals surface area contributed by atoms with Crippen molar-refractivity contribution in [3.63, 3.8) is 0 Å². The number of nitrogens with zero attached hydrogens (tertiary/aromatic N) is 2. The molecule has 0 amide bonds. The van der Waals surface area contributed by atoms with E-state index in [0.717, 1.165) is 31.2 Å². The summed E-state index contributed by atoms with van der Waals surface area (Å²) < 4.78 is 34.6. The largest absolute Gasteiger partial charge is 0.298 e. The first-order valence-electron chi connectivity index (χ1n) is 10.3. The number of likely N-dealkylation sites (N-methyl/N-ethyl adjacent to an activating group) is 1. The molecule has 0 saturated carbocycles. The molecular formula is C23H26N2O3S2. The minimum Gasteiger partial charge on any atom is -0.284 e. The molecule has 1 heterocycles. The average Bonchev–Trinajstić information content (AvgIpc) is 2.72. The Morgan fingerprint density at radius 1 is 0.967 bits per heavy atom. The highest BCUT2D eigenvalue weighted by molar-refractivity contribution is 8.13. The zero-order chi connectivity index (χ0) is 21.1. The van der Waals surface area contributed by atoms with E-state index in [4.69, 9.17) is 0 Å². The molecule has 1 aliphatic heterocycles. The van der Waals surface area contributed by atoms with E-state index in [1.54, 1.807) is 11.9 Å². The fraction of sp³-hybridized carbons (Fsp3) is 0.391. The lowest BCUT2D eigenvalue weighted by atomic mass is 9.78. The highest BCUT2D eigenvalue weighted by atomic mass is 32.3. The molecule has 5 rings (SSSR count). The Bertz CT molecular complexity index is 1160. The second-order valence-corrected chi connectivity index (χ2v) is 11.4. The van der Waals surface area contributed by atoms with Gasteiger partial charge in [0.2, 0.25) is 4.20 Å². The summed E-state index contributed by atoms with van der Waals surface area (Å²) >= 11 is 1.28. The summed E-state index contributed by atoms with van der Waals surface area (Å²) in [6, 6.07) is 12.8.